The first-order valence-corrected chi connectivity index (χ1v) is 7.96. The largest absolute Gasteiger partial charge is 0.478 e. The third kappa shape index (κ3) is 3.23. The van der Waals surface area contributed by atoms with Crippen molar-refractivity contribution in [2.75, 3.05) is 4.90 Å². The van der Waals surface area contributed by atoms with Gasteiger partial charge in [-0.05, 0) is 42.5 Å². The van der Waals surface area contributed by atoms with E-state index in [1.54, 1.807) is 47.4 Å². The van der Waals surface area contributed by atoms with E-state index in [1.807, 2.05) is 30.3 Å². The van der Waals surface area contributed by atoms with Crippen molar-refractivity contribution in [2.24, 2.45) is 0 Å². The Morgan fingerprint density at radius 2 is 1.50 bits per heavy atom. The molecule has 0 aromatic heterocycles. The van der Waals surface area contributed by atoms with Gasteiger partial charge < -0.3 is 10.0 Å². The first-order chi connectivity index (χ1) is 11.6. The lowest BCUT2D eigenvalue weighted by Gasteiger charge is -2.27. The highest BCUT2D eigenvalue weighted by molar-refractivity contribution is 6.35. The van der Waals surface area contributed by atoms with Crippen molar-refractivity contribution < 1.29 is 9.90 Å². The van der Waals surface area contributed by atoms with Gasteiger partial charge in [0.15, 0.2) is 0 Å². The number of carboxylic acids is 1. The highest BCUT2D eigenvalue weighted by Crippen LogP contribution is 2.41. The molecule has 0 aliphatic heterocycles. The van der Waals surface area contributed by atoms with Crippen molar-refractivity contribution in [3.05, 3.63) is 88.4 Å². The van der Waals surface area contributed by atoms with Crippen LogP contribution in [-0.4, -0.2) is 11.1 Å². The van der Waals surface area contributed by atoms with Crippen LogP contribution in [0.3, 0.4) is 0 Å². The summed E-state index contributed by atoms with van der Waals surface area (Å²) in [6.07, 6.45) is 0. The minimum absolute atomic E-state index is 0.178. The van der Waals surface area contributed by atoms with Crippen LogP contribution in [0.4, 0.5) is 17.1 Å². The quantitative estimate of drug-likeness (QED) is 0.607. The van der Waals surface area contributed by atoms with Crippen LogP contribution in [0.1, 0.15) is 10.4 Å². The molecule has 0 heterocycles. The van der Waals surface area contributed by atoms with E-state index in [1.165, 1.54) is 0 Å². The summed E-state index contributed by atoms with van der Waals surface area (Å²) in [5, 5.41) is 10.5. The average molecular weight is 358 g/mol. The molecule has 0 aliphatic rings. The Hall–Kier alpha value is -2.49. The van der Waals surface area contributed by atoms with Crippen LogP contribution in [0, 0.1) is 0 Å². The number of rotatable bonds is 4. The van der Waals surface area contributed by atoms with Crippen LogP contribution in [0.15, 0.2) is 72.8 Å². The van der Waals surface area contributed by atoms with Gasteiger partial charge >= 0.3 is 5.97 Å². The van der Waals surface area contributed by atoms with E-state index in [0.717, 1.165) is 5.69 Å². The molecule has 0 amide bonds. The molecule has 0 saturated carbocycles. The number of carbonyl (C=O) groups is 1. The first-order valence-electron chi connectivity index (χ1n) is 7.20. The SMILES string of the molecule is O=C(O)c1ccccc1N(c1ccccc1)c1cc(Cl)ccc1Cl. The van der Waals surface area contributed by atoms with Crippen molar-refractivity contribution in [3.8, 4) is 0 Å². The number of benzene rings is 3. The molecular formula is C19H13Cl2NO2. The van der Waals surface area contributed by atoms with Crippen molar-refractivity contribution in [1.29, 1.82) is 0 Å². The number of carboxylic acid groups (broad SMARTS) is 1. The molecule has 3 rings (SSSR count). The second kappa shape index (κ2) is 6.95. The van der Waals surface area contributed by atoms with Gasteiger partial charge in [-0.2, -0.15) is 0 Å². The van der Waals surface area contributed by atoms with Crippen LogP contribution in [0.5, 0.6) is 0 Å². The number of anilines is 3. The van der Waals surface area contributed by atoms with Crippen LogP contribution in [-0.2, 0) is 0 Å². The summed E-state index contributed by atoms with van der Waals surface area (Å²) >= 11 is 12.5. The number of hydrogen-bond donors (Lipinski definition) is 1. The Morgan fingerprint density at radius 3 is 2.21 bits per heavy atom. The molecule has 3 aromatic carbocycles. The fourth-order valence-electron chi connectivity index (χ4n) is 2.49. The van der Waals surface area contributed by atoms with E-state index in [-0.39, 0.29) is 5.56 Å². The minimum atomic E-state index is -1.01. The summed E-state index contributed by atoms with van der Waals surface area (Å²) < 4.78 is 0. The second-order valence-corrected chi connectivity index (χ2v) is 5.93. The van der Waals surface area contributed by atoms with Gasteiger partial charge in [-0.15, -0.1) is 0 Å². The molecule has 0 aliphatic carbocycles. The smallest absolute Gasteiger partial charge is 0.337 e. The Kier molecular flexibility index (Phi) is 4.74. The molecule has 5 heteroatoms. The van der Waals surface area contributed by atoms with E-state index in [2.05, 4.69) is 0 Å². The van der Waals surface area contributed by atoms with Crippen molar-refractivity contribution >= 4 is 46.2 Å². The van der Waals surface area contributed by atoms with Gasteiger partial charge in [0.05, 0.1) is 22.0 Å². The summed E-state index contributed by atoms with van der Waals surface area (Å²) in [6.45, 7) is 0. The molecular weight excluding hydrogens is 345 g/mol. The monoisotopic (exact) mass is 357 g/mol. The molecule has 0 fully saturated rings. The summed E-state index contributed by atoms with van der Waals surface area (Å²) in [4.78, 5) is 13.4. The molecule has 0 atom stereocenters. The zero-order chi connectivity index (χ0) is 17.1. The lowest BCUT2D eigenvalue weighted by Crippen LogP contribution is -2.14. The van der Waals surface area contributed by atoms with Crippen molar-refractivity contribution in [1.82, 2.24) is 0 Å². The maximum Gasteiger partial charge on any atom is 0.337 e. The Balaban J connectivity index is 2.29. The second-order valence-electron chi connectivity index (χ2n) is 5.09. The summed E-state index contributed by atoms with van der Waals surface area (Å²) in [5.41, 5.74) is 2.09. The summed E-state index contributed by atoms with van der Waals surface area (Å²) in [6, 6.07) is 21.3. The van der Waals surface area contributed by atoms with E-state index in [0.29, 0.717) is 21.4 Å². The molecule has 0 unspecified atom stereocenters. The predicted molar refractivity (Wildman–Crippen MR) is 98.1 cm³/mol. The normalized spacial score (nSPS) is 10.4. The van der Waals surface area contributed by atoms with Crippen LogP contribution in [0.25, 0.3) is 0 Å². The van der Waals surface area contributed by atoms with Gasteiger partial charge in [0.1, 0.15) is 0 Å². The average Bonchev–Trinajstić information content (AvgIpc) is 2.59. The van der Waals surface area contributed by atoms with E-state index in [9.17, 15) is 9.90 Å². The van der Waals surface area contributed by atoms with Gasteiger partial charge in [0.2, 0.25) is 0 Å². The van der Waals surface area contributed by atoms with Gasteiger partial charge in [-0.3, -0.25) is 0 Å². The van der Waals surface area contributed by atoms with Gasteiger partial charge in [-0.1, -0.05) is 53.5 Å². The van der Waals surface area contributed by atoms with Gasteiger partial charge in [0.25, 0.3) is 0 Å². The van der Waals surface area contributed by atoms with Crippen LogP contribution < -0.4 is 4.90 Å². The number of halogens is 2. The molecule has 0 radical (unpaired) electrons. The fraction of sp³-hybridized carbons (Fsp3) is 0. The maximum absolute atomic E-state index is 11.7. The van der Waals surface area contributed by atoms with E-state index < -0.39 is 5.97 Å². The zero-order valence-corrected chi connectivity index (χ0v) is 14.0. The molecule has 0 saturated heterocycles. The van der Waals surface area contributed by atoms with Crippen LogP contribution >= 0.6 is 23.2 Å². The van der Waals surface area contributed by atoms with Crippen molar-refractivity contribution in [2.45, 2.75) is 0 Å². The standard InChI is InChI=1S/C19H13Cl2NO2/c20-13-10-11-16(21)18(12-13)22(14-6-2-1-3-7-14)17-9-5-4-8-15(17)19(23)24/h1-12H,(H,23,24). The lowest BCUT2D eigenvalue weighted by molar-refractivity contribution is 0.0698. The summed E-state index contributed by atoms with van der Waals surface area (Å²) in [7, 11) is 0. The molecule has 1 N–H and O–H groups in total. The fourth-order valence-corrected chi connectivity index (χ4v) is 2.86. The number of hydrogen-bond acceptors (Lipinski definition) is 2. The van der Waals surface area contributed by atoms with Crippen molar-refractivity contribution in [3.63, 3.8) is 0 Å². The Labute approximate surface area is 149 Å². The minimum Gasteiger partial charge on any atom is -0.478 e. The first kappa shape index (κ1) is 16.4. The van der Waals surface area contributed by atoms with E-state index >= 15 is 0 Å². The molecule has 24 heavy (non-hydrogen) atoms. The molecule has 3 aromatic rings. The third-order valence-corrected chi connectivity index (χ3v) is 4.09. The lowest BCUT2D eigenvalue weighted by atomic mass is 10.1. The highest BCUT2D eigenvalue weighted by Gasteiger charge is 2.20. The molecule has 3 nitrogen and oxygen atoms in total. The van der Waals surface area contributed by atoms with E-state index in [4.69, 9.17) is 23.2 Å². The molecule has 0 spiro atoms. The maximum atomic E-state index is 11.7. The number of aromatic carboxylic acids is 1. The molecule has 0 bridgehead atoms. The summed E-state index contributed by atoms with van der Waals surface area (Å²) in [5.74, 6) is -1.01. The van der Waals surface area contributed by atoms with Gasteiger partial charge in [0, 0.05) is 10.7 Å². The predicted octanol–water partition coefficient (Wildman–Crippen LogP) is 6.16. The topological polar surface area (TPSA) is 40.5 Å². The number of para-hydroxylation sites is 2. The Bertz CT molecular complexity index is 882. The Morgan fingerprint density at radius 1 is 0.833 bits per heavy atom. The third-order valence-electron chi connectivity index (χ3n) is 3.54. The van der Waals surface area contributed by atoms with Gasteiger partial charge in [-0.25, -0.2) is 4.79 Å². The van der Waals surface area contributed by atoms with Crippen LogP contribution in [0.2, 0.25) is 10.0 Å². The number of nitrogens with zero attached hydrogens (tertiary/aromatic N) is 1. The zero-order valence-electron chi connectivity index (χ0n) is 12.5. The molecule has 120 valence electrons. The highest BCUT2D eigenvalue weighted by atomic mass is 35.5.